The molecule has 24 heavy (non-hydrogen) atoms. The number of anilines is 1. The van der Waals surface area contributed by atoms with Crippen LogP contribution in [0.15, 0.2) is 36.5 Å². The lowest BCUT2D eigenvalue weighted by Crippen LogP contribution is -2.39. The largest absolute Gasteiger partial charge is 0.353 e. The average Bonchev–Trinajstić information content (AvgIpc) is 3.09. The van der Waals surface area contributed by atoms with Gasteiger partial charge in [-0.2, -0.15) is 4.98 Å². The Morgan fingerprint density at radius 1 is 1.17 bits per heavy atom. The monoisotopic (exact) mass is 364 g/mol. The Kier molecular flexibility index (Phi) is 5.53. The SMILES string of the molecule is O=C(NC1CCCC1)[C@@H](Nc1nc(Cl)ncc1Cl)c1ccccc1. The van der Waals surface area contributed by atoms with Crippen LogP contribution in [0.25, 0.3) is 0 Å². The van der Waals surface area contributed by atoms with Gasteiger partial charge in [0.1, 0.15) is 11.1 Å². The first kappa shape index (κ1) is 17.0. The maximum absolute atomic E-state index is 12.8. The topological polar surface area (TPSA) is 66.9 Å². The Hall–Kier alpha value is -1.85. The number of rotatable bonds is 5. The first-order valence-corrected chi connectivity index (χ1v) is 8.69. The summed E-state index contributed by atoms with van der Waals surface area (Å²) in [5, 5.41) is 6.60. The molecular weight excluding hydrogens is 347 g/mol. The number of aromatic nitrogens is 2. The van der Waals surface area contributed by atoms with E-state index in [0.29, 0.717) is 10.8 Å². The lowest BCUT2D eigenvalue weighted by Gasteiger charge is -2.22. The molecule has 7 heteroatoms. The number of amides is 1. The van der Waals surface area contributed by atoms with Crippen LogP contribution in [0.3, 0.4) is 0 Å². The van der Waals surface area contributed by atoms with Crippen LogP contribution in [0.2, 0.25) is 10.3 Å². The second kappa shape index (κ2) is 7.81. The van der Waals surface area contributed by atoms with Crippen LogP contribution in [0, 0.1) is 0 Å². The molecule has 0 unspecified atom stereocenters. The molecule has 1 aromatic heterocycles. The molecule has 1 heterocycles. The first-order valence-electron chi connectivity index (χ1n) is 7.93. The van der Waals surface area contributed by atoms with E-state index in [9.17, 15) is 4.79 Å². The van der Waals surface area contributed by atoms with Crippen molar-refractivity contribution < 1.29 is 4.79 Å². The minimum absolute atomic E-state index is 0.0740. The van der Waals surface area contributed by atoms with Crippen LogP contribution in [-0.4, -0.2) is 21.9 Å². The fourth-order valence-electron chi connectivity index (χ4n) is 2.88. The summed E-state index contributed by atoms with van der Waals surface area (Å²) in [6.45, 7) is 0. The molecule has 0 bridgehead atoms. The summed E-state index contributed by atoms with van der Waals surface area (Å²) < 4.78 is 0. The van der Waals surface area contributed by atoms with Crippen molar-refractivity contribution in [1.29, 1.82) is 0 Å². The summed E-state index contributed by atoms with van der Waals surface area (Å²) in [7, 11) is 0. The van der Waals surface area contributed by atoms with Gasteiger partial charge in [-0.15, -0.1) is 0 Å². The quantitative estimate of drug-likeness (QED) is 0.786. The van der Waals surface area contributed by atoms with Crippen LogP contribution >= 0.6 is 23.2 Å². The van der Waals surface area contributed by atoms with E-state index in [4.69, 9.17) is 23.2 Å². The number of halogens is 2. The van der Waals surface area contributed by atoms with Crippen molar-refractivity contribution in [1.82, 2.24) is 15.3 Å². The maximum atomic E-state index is 12.8. The van der Waals surface area contributed by atoms with Crippen LogP contribution in [0.5, 0.6) is 0 Å². The second-order valence-electron chi connectivity index (χ2n) is 5.81. The van der Waals surface area contributed by atoms with Crippen molar-refractivity contribution in [2.24, 2.45) is 0 Å². The Balaban J connectivity index is 1.84. The molecule has 1 atom stereocenters. The van der Waals surface area contributed by atoms with Gasteiger partial charge in [0.25, 0.3) is 0 Å². The van der Waals surface area contributed by atoms with Crippen LogP contribution < -0.4 is 10.6 Å². The molecule has 1 fully saturated rings. The summed E-state index contributed by atoms with van der Waals surface area (Å²) >= 11 is 12.0. The number of nitrogens with one attached hydrogen (secondary N) is 2. The third-order valence-corrected chi connectivity index (χ3v) is 4.55. The zero-order valence-electron chi connectivity index (χ0n) is 13.0. The van der Waals surface area contributed by atoms with Gasteiger partial charge in [-0.25, -0.2) is 4.98 Å². The summed E-state index contributed by atoms with van der Waals surface area (Å²) in [6, 6.07) is 9.10. The van der Waals surface area contributed by atoms with E-state index in [1.54, 1.807) is 0 Å². The van der Waals surface area contributed by atoms with Gasteiger partial charge >= 0.3 is 0 Å². The van der Waals surface area contributed by atoms with E-state index < -0.39 is 6.04 Å². The molecule has 126 valence electrons. The Morgan fingerprint density at radius 3 is 2.58 bits per heavy atom. The number of carbonyl (C=O) groups is 1. The van der Waals surface area contributed by atoms with Crippen LogP contribution in [0.1, 0.15) is 37.3 Å². The van der Waals surface area contributed by atoms with Gasteiger partial charge in [0.05, 0.1) is 6.20 Å². The molecule has 1 saturated carbocycles. The Bertz CT molecular complexity index is 705. The first-order chi connectivity index (χ1) is 11.6. The Morgan fingerprint density at radius 2 is 1.88 bits per heavy atom. The molecule has 1 aromatic carbocycles. The van der Waals surface area contributed by atoms with Crippen molar-refractivity contribution in [3.63, 3.8) is 0 Å². The molecule has 0 aliphatic heterocycles. The van der Waals surface area contributed by atoms with Gasteiger partial charge in [0.15, 0.2) is 5.82 Å². The third-order valence-electron chi connectivity index (χ3n) is 4.09. The number of nitrogens with zero attached hydrogens (tertiary/aromatic N) is 2. The zero-order valence-corrected chi connectivity index (χ0v) is 14.5. The summed E-state index contributed by atoms with van der Waals surface area (Å²) in [4.78, 5) is 20.7. The van der Waals surface area contributed by atoms with Crippen molar-refractivity contribution in [2.45, 2.75) is 37.8 Å². The van der Waals surface area contributed by atoms with E-state index in [1.807, 2.05) is 30.3 Å². The van der Waals surface area contributed by atoms with E-state index in [0.717, 1.165) is 31.2 Å². The average molecular weight is 365 g/mol. The van der Waals surface area contributed by atoms with Gasteiger partial charge in [0, 0.05) is 6.04 Å². The van der Waals surface area contributed by atoms with Crippen LogP contribution in [-0.2, 0) is 4.79 Å². The smallest absolute Gasteiger partial charge is 0.247 e. The molecule has 0 radical (unpaired) electrons. The van der Waals surface area contributed by atoms with Gasteiger partial charge in [-0.1, -0.05) is 54.8 Å². The predicted octanol–water partition coefficient (Wildman–Crippen LogP) is 4.00. The highest BCUT2D eigenvalue weighted by atomic mass is 35.5. The molecule has 2 N–H and O–H groups in total. The van der Waals surface area contributed by atoms with E-state index in [-0.39, 0.29) is 17.2 Å². The minimum atomic E-state index is -0.602. The highest BCUT2D eigenvalue weighted by Crippen LogP contribution is 2.26. The number of hydrogen-bond acceptors (Lipinski definition) is 4. The number of hydrogen-bond donors (Lipinski definition) is 2. The molecule has 0 saturated heterocycles. The highest BCUT2D eigenvalue weighted by Gasteiger charge is 2.25. The van der Waals surface area contributed by atoms with Crippen molar-refractivity contribution in [3.05, 3.63) is 52.4 Å². The second-order valence-corrected chi connectivity index (χ2v) is 6.56. The molecule has 2 aromatic rings. The molecule has 1 aliphatic carbocycles. The molecule has 5 nitrogen and oxygen atoms in total. The summed E-state index contributed by atoms with van der Waals surface area (Å²) in [6.07, 6.45) is 5.76. The number of benzene rings is 1. The predicted molar refractivity (Wildman–Crippen MR) is 95.3 cm³/mol. The van der Waals surface area contributed by atoms with Gasteiger partial charge in [-0.05, 0) is 30.0 Å². The van der Waals surface area contributed by atoms with E-state index >= 15 is 0 Å². The fourth-order valence-corrected chi connectivity index (χ4v) is 3.16. The lowest BCUT2D eigenvalue weighted by atomic mass is 10.1. The summed E-state index contributed by atoms with van der Waals surface area (Å²) in [5.74, 6) is 0.242. The fraction of sp³-hybridized carbons (Fsp3) is 0.353. The highest BCUT2D eigenvalue weighted by molar-refractivity contribution is 6.33. The van der Waals surface area contributed by atoms with E-state index in [1.165, 1.54) is 6.20 Å². The molecule has 1 amide bonds. The van der Waals surface area contributed by atoms with Crippen LogP contribution in [0.4, 0.5) is 5.82 Å². The van der Waals surface area contributed by atoms with Gasteiger partial charge in [0.2, 0.25) is 11.2 Å². The maximum Gasteiger partial charge on any atom is 0.247 e. The van der Waals surface area contributed by atoms with Crippen molar-refractivity contribution in [2.75, 3.05) is 5.32 Å². The third kappa shape index (κ3) is 4.16. The molecule has 3 rings (SSSR count). The van der Waals surface area contributed by atoms with Crippen molar-refractivity contribution in [3.8, 4) is 0 Å². The van der Waals surface area contributed by atoms with E-state index in [2.05, 4.69) is 20.6 Å². The minimum Gasteiger partial charge on any atom is -0.353 e. The Labute approximate surface area is 150 Å². The number of carbonyl (C=O) groups excluding carboxylic acids is 1. The van der Waals surface area contributed by atoms with Gasteiger partial charge < -0.3 is 10.6 Å². The molecule has 1 aliphatic rings. The van der Waals surface area contributed by atoms with Gasteiger partial charge in [-0.3, -0.25) is 4.79 Å². The summed E-state index contributed by atoms with van der Waals surface area (Å²) in [5.41, 5.74) is 0.832. The zero-order chi connectivity index (χ0) is 16.9. The van der Waals surface area contributed by atoms with Crippen molar-refractivity contribution >= 4 is 34.9 Å². The lowest BCUT2D eigenvalue weighted by molar-refractivity contribution is -0.122. The molecular formula is C17H18Cl2N4O. The normalized spacial score (nSPS) is 15.9. The molecule has 0 spiro atoms. The standard InChI is InChI=1S/C17H18Cl2N4O/c18-13-10-20-17(19)23-15(13)22-14(11-6-2-1-3-7-11)16(24)21-12-8-4-5-9-12/h1-3,6-7,10,12,14H,4-5,8-9H2,(H,21,24)(H,20,22,23)/t14-/m0/s1.